The molecule has 5 aliphatic rings. The first-order valence-electron chi connectivity index (χ1n) is 16.6. The molecule has 0 N–H and O–H groups in total. The summed E-state index contributed by atoms with van der Waals surface area (Å²) in [5, 5.41) is 0. The number of benzene rings is 2. The van der Waals surface area contributed by atoms with Gasteiger partial charge in [0, 0.05) is 30.1 Å². The van der Waals surface area contributed by atoms with E-state index in [9.17, 15) is 4.39 Å². The Kier molecular flexibility index (Phi) is 7.99. The van der Waals surface area contributed by atoms with Gasteiger partial charge in [0.25, 0.3) is 0 Å². The molecule has 2 aliphatic carbocycles. The standard InChI is InChI=1S/C38H44FN3O/c1-26-6-5-18-42(19-17-26)25-30-11-9-28(21-36(30)43-32-14-15-32)8-4-3-7-27-10-16-34(39)29(20-27)12-13-31-23-41-37-24-40-35-22-33(35)38(31,37)2/h9-11,16,20-21,23-24,26,32-33,35H,3-8,14-15,17-19,22,25H2,1-2H3. The Hall–Kier alpha value is -3.23. The number of unbranched alkanes of at least 4 members (excludes halogenated alkanes) is 1. The summed E-state index contributed by atoms with van der Waals surface area (Å²) in [6, 6.07) is 12.7. The van der Waals surface area contributed by atoms with Gasteiger partial charge in [0.05, 0.1) is 28.8 Å². The van der Waals surface area contributed by atoms with Crippen LogP contribution in [0, 0.1) is 34.9 Å². The summed E-state index contributed by atoms with van der Waals surface area (Å²) in [5.41, 5.74) is 6.12. The van der Waals surface area contributed by atoms with Crippen LogP contribution in [0.15, 0.2) is 58.2 Å². The summed E-state index contributed by atoms with van der Waals surface area (Å²) in [6.45, 7) is 7.97. The fourth-order valence-corrected chi connectivity index (χ4v) is 7.09. The summed E-state index contributed by atoms with van der Waals surface area (Å²) >= 11 is 0. The Morgan fingerprint density at radius 3 is 2.65 bits per heavy atom. The monoisotopic (exact) mass is 577 g/mol. The molecule has 3 aliphatic heterocycles. The predicted molar refractivity (Wildman–Crippen MR) is 172 cm³/mol. The van der Waals surface area contributed by atoms with Crippen molar-refractivity contribution in [2.75, 3.05) is 13.1 Å². The van der Waals surface area contributed by atoms with Crippen molar-refractivity contribution in [3.05, 3.63) is 76.2 Å². The van der Waals surface area contributed by atoms with E-state index in [0.717, 1.165) is 67.2 Å². The number of rotatable bonds is 9. The van der Waals surface area contributed by atoms with Gasteiger partial charge in [0.15, 0.2) is 0 Å². The molecule has 43 heavy (non-hydrogen) atoms. The van der Waals surface area contributed by atoms with Crippen LogP contribution in [0.1, 0.15) is 87.5 Å². The van der Waals surface area contributed by atoms with Gasteiger partial charge in [-0.25, -0.2) is 4.39 Å². The summed E-state index contributed by atoms with van der Waals surface area (Å²) in [5.74, 6) is 8.59. The first-order valence-corrected chi connectivity index (χ1v) is 16.6. The zero-order valence-corrected chi connectivity index (χ0v) is 25.7. The molecule has 1 saturated heterocycles. The Labute approximate surface area is 256 Å². The van der Waals surface area contributed by atoms with Gasteiger partial charge >= 0.3 is 0 Å². The minimum absolute atomic E-state index is 0.166. The summed E-state index contributed by atoms with van der Waals surface area (Å²) < 4.78 is 21.1. The molecule has 2 saturated carbocycles. The van der Waals surface area contributed by atoms with Crippen LogP contribution in [-0.4, -0.2) is 42.1 Å². The Morgan fingerprint density at radius 2 is 1.81 bits per heavy atom. The fraction of sp³-hybridized carbons (Fsp3) is 0.526. The lowest BCUT2D eigenvalue weighted by Gasteiger charge is -2.28. The largest absolute Gasteiger partial charge is 0.490 e. The van der Waals surface area contributed by atoms with Gasteiger partial charge in [-0.2, -0.15) is 0 Å². The zero-order chi connectivity index (χ0) is 29.4. The van der Waals surface area contributed by atoms with Crippen molar-refractivity contribution in [2.24, 2.45) is 27.2 Å². The Bertz CT molecular complexity index is 1530. The first-order chi connectivity index (χ1) is 21.0. The maximum Gasteiger partial charge on any atom is 0.138 e. The number of aryl methyl sites for hydroxylation is 2. The van der Waals surface area contributed by atoms with Crippen LogP contribution in [0.3, 0.4) is 0 Å². The van der Waals surface area contributed by atoms with E-state index >= 15 is 0 Å². The van der Waals surface area contributed by atoms with Crippen molar-refractivity contribution in [1.29, 1.82) is 0 Å². The minimum Gasteiger partial charge on any atom is -0.490 e. The molecular formula is C38H44FN3O. The summed E-state index contributed by atoms with van der Waals surface area (Å²) in [4.78, 5) is 11.8. The summed E-state index contributed by atoms with van der Waals surface area (Å²) in [6.07, 6.45) is 15.6. The normalized spacial score (nSPS) is 27.7. The van der Waals surface area contributed by atoms with E-state index < -0.39 is 0 Å². The molecule has 5 heteroatoms. The molecule has 4 unspecified atom stereocenters. The summed E-state index contributed by atoms with van der Waals surface area (Å²) in [7, 11) is 0. The van der Waals surface area contributed by atoms with Gasteiger partial charge in [-0.3, -0.25) is 14.9 Å². The number of halogens is 1. The molecule has 3 heterocycles. The average Bonchev–Trinajstić information content (AvgIpc) is 3.93. The Balaban J connectivity index is 0.949. The van der Waals surface area contributed by atoms with Crippen LogP contribution in [-0.2, 0) is 19.4 Å². The van der Waals surface area contributed by atoms with Gasteiger partial charge in [-0.1, -0.05) is 37.0 Å². The Morgan fingerprint density at radius 1 is 1.00 bits per heavy atom. The molecular weight excluding hydrogens is 533 g/mol. The van der Waals surface area contributed by atoms with Gasteiger partial charge < -0.3 is 4.74 Å². The van der Waals surface area contributed by atoms with Gasteiger partial charge in [-0.15, -0.1) is 0 Å². The molecule has 0 spiro atoms. The molecule has 7 rings (SSSR count). The van der Waals surface area contributed by atoms with E-state index in [1.54, 1.807) is 6.07 Å². The molecule has 0 radical (unpaired) electrons. The molecule has 224 valence electrons. The number of nitrogens with zero attached hydrogens (tertiary/aromatic N) is 3. The van der Waals surface area contributed by atoms with Gasteiger partial charge in [0.2, 0.25) is 0 Å². The number of ether oxygens (including phenoxy) is 1. The minimum atomic E-state index is -0.256. The molecule has 2 aromatic carbocycles. The van der Waals surface area contributed by atoms with Crippen molar-refractivity contribution < 1.29 is 9.13 Å². The number of hydrogen-bond acceptors (Lipinski definition) is 4. The third-order valence-corrected chi connectivity index (χ3v) is 10.3. The van der Waals surface area contributed by atoms with Crippen LogP contribution in [0.5, 0.6) is 5.75 Å². The van der Waals surface area contributed by atoms with E-state index in [0.29, 0.717) is 23.6 Å². The lowest BCUT2D eigenvalue weighted by atomic mass is 9.74. The second-order valence-electron chi connectivity index (χ2n) is 13.8. The van der Waals surface area contributed by atoms with Crippen LogP contribution in [0.4, 0.5) is 4.39 Å². The smallest absolute Gasteiger partial charge is 0.138 e. The van der Waals surface area contributed by atoms with Crippen LogP contribution >= 0.6 is 0 Å². The highest BCUT2D eigenvalue weighted by Gasteiger charge is 2.57. The second-order valence-corrected chi connectivity index (χ2v) is 13.8. The molecule has 4 nitrogen and oxygen atoms in total. The van der Waals surface area contributed by atoms with Gasteiger partial charge in [-0.05, 0) is 125 Å². The second kappa shape index (κ2) is 12.0. The van der Waals surface area contributed by atoms with E-state index in [1.165, 1.54) is 56.3 Å². The quantitative estimate of drug-likeness (QED) is 0.226. The number of fused-ring (bicyclic) bond motifs is 3. The maximum atomic E-state index is 14.7. The van der Waals surface area contributed by atoms with E-state index in [1.807, 2.05) is 24.5 Å². The van der Waals surface area contributed by atoms with E-state index in [4.69, 9.17) is 4.74 Å². The molecule has 2 aromatic rings. The maximum absolute atomic E-state index is 14.7. The highest BCUT2D eigenvalue weighted by molar-refractivity contribution is 6.36. The first kappa shape index (κ1) is 28.5. The third-order valence-electron chi connectivity index (χ3n) is 10.3. The van der Waals surface area contributed by atoms with Crippen molar-refractivity contribution in [3.63, 3.8) is 0 Å². The van der Waals surface area contributed by atoms with Crippen molar-refractivity contribution in [2.45, 2.75) is 96.7 Å². The highest BCUT2D eigenvalue weighted by Crippen LogP contribution is 2.55. The molecule has 3 fully saturated rings. The van der Waals surface area contributed by atoms with Crippen LogP contribution in [0.25, 0.3) is 0 Å². The topological polar surface area (TPSA) is 37.2 Å². The van der Waals surface area contributed by atoms with Crippen LogP contribution < -0.4 is 4.74 Å². The van der Waals surface area contributed by atoms with Crippen molar-refractivity contribution in [3.8, 4) is 17.6 Å². The number of allylic oxidation sites excluding steroid dienone is 1. The SMILES string of the molecule is CC1CCCN(Cc2ccc(CCCCc3ccc(F)c(C#CC4=CN=C5C=NC6CC6C45C)c3)cc2OC2CC2)CC1. The zero-order valence-electron chi connectivity index (χ0n) is 25.7. The van der Waals surface area contributed by atoms with Crippen molar-refractivity contribution >= 4 is 11.9 Å². The van der Waals surface area contributed by atoms with Crippen molar-refractivity contribution in [1.82, 2.24) is 4.90 Å². The number of aliphatic imine (C=N–C) groups is 2. The third kappa shape index (κ3) is 6.36. The highest BCUT2D eigenvalue weighted by atomic mass is 19.1. The predicted octanol–water partition coefficient (Wildman–Crippen LogP) is 7.72. The van der Waals surface area contributed by atoms with E-state index in [-0.39, 0.29) is 11.2 Å². The fourth-order valence-electron chi connectivity index (χ4n) is 7.09. The number of hydrogen-bond donors (Lipinski definition) is 0. The average molecular weight is 578 g/mol. The molecule has 4 atom stereocenters. The number of likely N-dealkylation sites (tertiary alicyclic amines) is 1. The molecule has 0 amide bonds. The van der Waals surface area contributed by atoms with Gasteiger partial charge in [0.1, 0.15) is 11.6 Å². The molecule has 0 aromatic heterocycles. The lowest BCUT2D eigenvalue weighted by Crippen LogP contribution is -2.34. The lowest BCUT2D eigenvalue weighted by molar-refractivity contribution is 0.258. The van der Waals surface area contributed by atoms with E-state index in [2.05, 4.69) is 58.8 Å². The van der Waals surface area contributed by atoms with Crippen LogP contribution in [0.2, 0.25) is 0 Å². The molecule has 0 bridgehead atoms.